The number of ether oxygens (including phenoxy) is 1. The molecule has 0 aromatic heterocycles. The Morgan fingerprint density at radius 2 is 2.33 bits per heavy atom. The molecule has 4 nitrogen and oxygen atoms in total. The molecule has 1 rings (SSSR count). The zero-order valence-corrected chi connectivity index (χ0v) is 10.7. The van der Waals surface area contributed by atoms with Crippen molar-refractivity contribution in [2.45, 2.75) is 32.0 Å². The fraction of sp³-hybridized carbons (Fsp3) is 1.00. The standard InChI is InChI=1S/C10H23N3OS/c1-8(2)14-6-9(12-11)10-7-15-5-4-13(10)3/h8-10,12H,4-7,11H2,1-3H3. The van der Waals surface area contributed by atoms with E-state index in [2.05, 4.69) is 17.4 Å². The highest BCUT2D eigenvalue weighted by atomic mass is 32.2. The van der Waals surface area contributed by atoms with Crippen LogP contribution in [0.2, 0.25) is 0 Å². The van der Waals surface area contributed by atoms with Gasteiger partial charge in [-0.1, -0.05) is 0 Å². The molecule has 0 spiro atoms. The van der Waals surface area contributed by atoms with Crippen LogP contribution in [0, 0.1) is 0 Å². The number of likely N-dealkylation sites (N-methyl/N-ethyl adjacent to an activating group) is 1. The largest absolute Gasteiger partial charge is 0.377 e. The Kier molecular flexibility index (Phi) is 5.92. The van der Waals surface area contributed by atoms with Gasteiger partial charge >= 0.3 is 0 Å². The Balaban J connectivity index is 2.41. The van der Waals surface area contributed by atoms with Crippen LogP contribution in [-0.4, -0.2) is 54.8 Å². The molecule has 0 amide bonds. The predicted octanol–water partition coefficient (Wildman–Crippen LogP) is 0.291. The van der Waals surface area contributed by atoms with E-state index in [-0.39, 0.29) is 12.1 Å². The lowest BCUT2D eigenvalue weighted by atomic mass is 10.1. The fourth-order valence-electron chi connectivity index (χ4n) is 1.70. The minimum Gasteiger partial charge on any atom is -0.377 e. The summed E-state index contributed by atoms with van der Waals surface area (Å²) in [5.41, 5.74) is 2.88. The average Bonchev–Trinajstić information content (AvgIpc) is 2.21. The van der Waals surface area contributed by atoms with Gasteiger partial charge in [-0.2, -0.15) is 11.8 Å². The summed E-state index contributed by atoms with van der Waals surface area (Å²) in [7, 11) is 2.16. The summed E-state index contributed by atoms with van der Waals surface area (Å²) in [4.78, 5) is 2.37. The van der Waals surface area contributed by atoms with Crippen molar-refractivity contribution in [3.8, 4) is 0 Å². The van der Waals surface area contributed by atoms with Crippen LogP contribution in [0.3, 0.4) is 0 Å². The van der Waals surface area contributed by atoms with Gasteiger partial charge in [-0.15, -0.1) is 0 Å². The second-order valence-electron chi connectivity index (χ2n) is 4.28. The lowest BCUT2D eigenvalue weighted by Gasteiger charge is -2.37. The van der Waals surface area contributed by atoms with Crippen LogP contribution in [0.5, 0.6) is 0 Å². The van der Waals surface area contributed by atoms with Crippen molar-refractivity contribution < 1.29 is 4.74 Å². The minimum absolute atomic E-state index is 0.227. The third-order valence-corrected chi connectivity index (χ3v) is 3.78. The van der Waals surface area contributed by atoms with E-state index in [1.165, 1.54) is 5.75 Å². The maximum Gasteiger partial charge on any atom is 0.0652 e. The third-order valence-electron chi connectivity index (χ3n) is 2.73. The molecule has 0 aromatic carbocycles. The van der Waals surface area contributed by atoms with Gasteiger partial charge in [0.2, 0.25) is 0 Å². The number of thioether (sulfide) groups is 1. The first kappa shape index (κ1) is 13.3. The third kappa shape index (κ3) is 4.28. The molecule has 1 heterocycles. The minimum atomic E-state index is 0.227. The van der Waals surface area contributed by atoms with Crippen molar-refractivity contribution in [1.82, 2.24) is 10.3 Å². The molecule has 0 bridgehead atoms. The zero-order valence-electron chi connectivity index (χ0n) is 9.90. The molecule has 0 radical (unpaired) electrons. The molecule has 2 unspecified atom stereocenters. The SMILES string of the molecule is CC(C)OCC(NN)C1CSCCN1C. The Hall–Kier alpha value is 0.190. The monoisotopic (exact) mass is 233 g/mol. The summed E-state index contributed by atoms with van der Waals surface area (Å²) in [6.07, 6.45) is 0.266. The highest BCUT2D eigenvalue weighted by molar-refractivity contribution is 7.99. The van der Waals surface area contributed by atoms with E-state index in [0.29, 0.717) is 12.6 Å². The summed E-state index contributed by atoms with van der Waals surface area (Å²) in [5, 5.41) is 0. The van der Waals surface area contributed by atoms with Crippen LogP contribution in [0.4, 0.5) is 0 Å². The second-order valence-corrected chi connectivity index (χ2v) is 5.43. The van der Waals surface area contributed by atoms with Crippen molar-refractivity contribution in [2.24, 2.45) is 5.84 Å². The molecule has 1 saturated heterocycles. The van der Waals surface area contributed by atoms with Crippen LogP contribution in [0.15, 0.2) is 0 Å². The predicted molar refractivity (Wildman–Crippen MR) is 65.9 cm³/mol. The first-order valence-electron chi connectivity index (χ1n) is 5.51. The lowest BCUT2D eigenvalue weighted by Crippen LogP contribution is -2.56. The van der Waals surface area contributed by atoms with Gasteiger partial charge in [0.1, 0.15) is 0 Å². The molecule has 2 atom stereocenters. The highest BCUT2D eigenvalue weighted by Gasteiger charge is 2.27. The normalized spacial score (nSPS) is 25.8. The molecule has 0 aromatic rings. The van der Waals surface area contributed by atoms with Crippen LogP contribution >= 0.6 is 11.8 Å². The Bertz CT molecular complexity index is 180. The summed E-state index contributed by atoms with van der Waals surface area (Å²) >= 11 is 1.99. The second kappa shape index (κ2) is 6.70. The van der Waals surface area contributed by atoms with Gasteiger partial charge in [-0.3, -0.25) is 11.3 Å². The number of nitrogens with one attached hydrogen (secondary N) is 1. The summed E-state index contributed by atoms with van der Waals surface area (Å²) in [5.74, 6) is 7.94. The van der Waals surface area contributed by atoms with E-state index in [0.717, 1.165) is 12.3 Å². The van der Waals surface area contributed by atoms with Crippen molar-refractivity contribution in [1.29, 1.82) is 0 Å². The van der Waals surface area contributed by atoms with Gasteiger partial charge in [-0.25, -0.2) is 0 Å². The first-order valence-corrected chi connectivity index (χ1v) is 6.66. The Labute approximate surface area is 96.9 Å². The van der Waals surface area contributed by atoms with Crippen molar-refractivity contribution in [3.05, 3.63) is 0 Å². The molecule has 15 heavy (non-hydrogen) atoms. The average molecular weight is 233 g/mol. The van der Waals surface area contributed by atoms with E-state index in [9.17, 15) is 0 Å². The summed E-state index contributed by atoms with van der Waals surface area (Å²) in [6.45, 7) is 5.92. The summed E-state index contributed by atoms with van der Waals surface area (Å²) in [6, 6.07) is 0.706. The van der Waals surface area contributed by atoms with Gasteiger partial charge in [0.15, 0.2) is 0 Å². The molecule has 5 heteroatoms. The van der Waals surface area contributed by atoms with Crippen LogP contribution < -0.4 is 11.3 Å². The van der Waals surface area contributed by atoms with E-state index >= 15 is 0 Å². The number of hydrogen-bond acceptors (Lipinski definition) is 5. The van der Waals surface area contributed by atoms with E-state index in [4.69, 9.17) is 10.6 Å². The number of hydrogen-bond donors (Lipinski definition) is 2. The van der Waals surface area contributed by atoms with Crippen molar-refractivity contribution >= 4 is 11.8 Å². The number of rotatable bonds is 5. The number of hydrazine groups is 1. The molecule has 3 N–H and O–H groups in total. The molecule has 0 aliphatic carbocycles. The molecular formula is C10H23N3OS. The molecule has 0 saturated carbocycles. The quantitative estimate of drug-likeness (QED) is 0.528. The van der Waals surface area contributed by atoms with Gasteiger partial charge in [0, 0.05) is 24.1 Å². The van der Waals surface area contributed by atoms with Crippen LogP contribution in [0.1, 0.15) is 13.8 Å². The van der Waals surface area contributed by atoms with E-state index < -0.39 is 0 Å². The first-order chi connectivity index (χ1) is 7.15. The van der Waals surface area contributed by atoms with E-state index in [1.54, 1.807) is 0 Å². The molecular weight excluding hydrogens is 210 g/mol. The fourth-order valence-corrected chi connectivity index (χ4v) is 3.01. The van der Waals surface area contributed by atoms with Crippen LogP contribution in [-0.2, 0) is 4.74 Å². The van der Waals surface area contributed by atoms with Gasteiger partial charge < -0.3 is 9.64 Å². The maximum absolute atomic E-state index is 5.62. The maximum atomic E-state index is 5.62. The molecule has 1 aliphatic heterocycles. The highest BCUT2D eigenvalue weighted by Crippen LogP contribution is 2.17. The van der Waals surface area contributed by atoms with Crippen molar-refractivity contribution in [2.75, 3.05) is 31.7 Å². The Morgan fingerprint density at radius 3 is 2.87 bits per heavy atom. The molecule has 1 fully saturated rings. The van der Waals surface area contributed by atoms with Crippen LogP contribution in [0.25, 0.3) is 0 Å². The van der Waals surface area contributed by atoms with Crippen molar-refractivity contribution in [3.63, 3.8) is 0 Å². The lowest BCUT2D eigenvalue weighted by molar-refractivity contribution is 0.0416. The number of nitrogens with zero attached hydrogens (tertiary/aromatic N) is 1. The van der Waals surface area contributed by atoms with Gasteiger partial charge in [0.25, 0.3) is 0 Å². The summed E-state index contributed by atoms with van der Waals surface area (Å²) < 4.78 is 5.62. The topological polar surface area (TPSA) is 50.5 Å². The smallest absolute Gasteiger partial charge is 0.0652 e. The zero-order chi connectivity index (χ0) is 11.3. The van der Waals surface area contributed by atoms with E-state index in [1.807, 2.05) is 25.6 Å². The molecule has 90 valence electrons. The molecule has 1 aliphatic rings. The van der Waals surface area contributed by atoms with Gasteiger partial charge in [0.05, 0.1) is 18.8 Å². The number of nitrogens with two attached hydrogens (primary N) is 1. The Morgan fingerprint density at radius 1 is 1.60 bits per heavy atom. The van der Waals surface area contributed by atoms with Gasteiger partial charge in [-0.05, 0) is 20.9 Å².